The summed E-state index contributed by atoms with van der Waals surface area (Å²) in [5, 5.41) is 13.5. The van der Waals surface area contributed by atoms with Gasteiger partial charge in [-0.2, -0.15) is 10.1 Å². The fourth-order valence-corrected chi connectivity index (χ4v) is 1.69. The first-order chi connectivity index (χ1) is 8.42. The predicted octanol–water partition coefficient (Wildman–Crippen LogP) is -0.614. The van der Waals surface area contributed by atoms with Gasteiger partial charge in [-0.05, 0) is 0 Å². The highest BCUT2D eigenvalue weighted by molar-refractivity contribution is 5.39. The first kappa shape index (κ1) is 10.4. The van der Waals surface area contributed by atoms with Gasteiger partial charge in [-0.15, -0.1) is 0 Å². The van der Waals surface area contributed by atoms with Crippen LogP contribution in [0.2, 0.25) is 0 Å². The fraction of sp³-hybridized carbons (Fsp3) is 0.556. The van der Waals surface area contributed by atoms with E-state index in [9.17, 15) is 0 Å². The first-order valence-electron chi connectivity index (χ1n) is 5.42. The highest BCUT2D eigenvalue weighted by Crippen LogP contribution is 2.11. The van der Waals surface area contributed by atoms with Crippen molar-refractivity contribution in [3.8, 4) is 11.6 Å². The van der Waals surface area contributed by atoms with Crippen LogP contribution < -0.4 is 5.32 Å². The zero-order chi connectivity index (χ0) is 11.5. The third kappa shape index (κ3) is 2.32. The standard InChI is InChI=1S/C9H12N6O2/c1-2-16-6(4-10-1)3-7-13-9(15-17-7)8-11-5-12-14-8/h5-6,10H,1-4H2,(H,11,12,14). The number of aromatic nitrogens is 5. The molecule has 0 bridgehead atoms. The Hall–Kier alpha value is -1.80. The van der Waals surface area contributed by atoms with Gasteiger partial charge in [0.1, 0.15) is 6.33 Å². The van der Waals surface area contributed by atoms with Crippen molar-refractivity contribution in [2.75, 3.05) is 19.7 Å². The molecule has 8 heteroatoms. The van der Waals surface area contributed by atoms with E-state index in [0.717, 1.165) is 13.1 Å². The van der Waals surface area contributed by atoms with Gasteiger partial charge in [0.15, 0.2) is 5.82 Å². The summed E-state index contributed by atoms with van der Waals surface area (Å²) < 4.78 is 10.7. The Labute approximate surface area is 96.8 Å². The quantitative estimate of drug-likeness (QED) is 0.732. The summed E-state index contributed by atoms with van der Waals surface area (Å²) in [6, 6.07) is 0. The van der Waals surface area contributed by atoms with Crippen LogP contribution in [-0.2, 0) is 11.2 Å². The molecule has 1 aliphatic heterocycles. The third-order valence-corrected chi connectivity index (χ3v) is 2.50. The number of H-pyrrole nitrogens is 1. The van der Waals surface area contributed by atoms with E-state index in [1.165, 1.54) is 6.33 Å². The lowest BCUT2D eigenvalue weighted by Gasteiger charge is -2.21. The molecule has 3 rings (SSSR count). The van der Waals surface area contributed by atoms with Crippen LogP contribution in [0.3, 0.4) is 0 Å². The van der Waals surface area contributed by atoms with E-state index in [1.54, 1.807) is 0 Å². The minimum atomic E-state index is 0.0896. The Bertz CT molecular complexity index is 462. The summed E-state index contributed by atoms with van der Waals surface area (Å²) in [4.78, 5) is 8.18. The molecule has 0 amide bonds. The maximum Gasteiger partial charge on any atom is 0.239 e. The molecule has 1 fully saturated rings. The van der Waals surface area contributed by atoms with Crippen LogP contribution in [0.25, 0.3) is 11.6 Å². The minimum Gasteiger partial charge on any atom is -0.375 e. The minimum absolute atomic E-state index is 0.0896. The highest BCUT2D eigenvalue weighted by Gasteiger charge is 2.18. The molecule has 0 saturated carbocycles. The van der Waals surface area contributed by atoms with Crippen molar-refractivity contribution in [1.29, 1.82) is 0 Å². The van der Waals surface area contributed by atoms with Crippen molar-refractivity contribution in [2.24, 2.45) is 0 Å². The van der Waals surface area contributed by atoms with Gasteiger partial charge in [0.2, 0.25) is 11.7 Å². The zero-order valence-electron chi connectivity index (χ0n) is 9.09. The number of nitrogens with zero attached hydrogens (tertiary/aromatic N) is 4. The molecular weight excluding hydrogens is 224 g/mol. The number of hydrogen-bond donors (Lipinski definition) is 2. The molecule has 2 N–H and O–H groups in total. The van der Waals surface area contributed by atoms with Crippen molar-refractivity contribution < 1.29 is 9.26 Å². The summed E-state index contributed by atoms with van der Waals surface area (Å²) in [5.41, 5.74) is 0. The van der Waals surface area contributed by atoms with Crippen LogP contribution in [0.5, 0.6) is 0 Å². The number of nitrogens with one attached hydrogen (secondary N) is 2. The van der Waals surface area contributed by atoms with Crippen LogP contribution >= 0.6 is 0 Å². The molecule has 1 saturated heterocycles. The lowest BCUT2D eigenvalue weighted by atomic mass is 10.2. The lowest BCUT2D eigenvalue weighted by Crippen LogP contribution is -2.39. The fourth-order valence-electron chi connectivity index (χ4n) is 1.69. The maximum atomic E-state index is 5.56. The molecular formula is C9H12N6O2. The van der Waals surface area contributed by atoms with Crippen LogP contribution in [0, 0.1) is 0 Å². The van der Waals surface area contributed by atoms with Gasteiger partial charge in [-0.3, -0.25) is 5.10 Å². The molecule has 3 heterocycles. The van der Waals surface area contributed by atoms with Crippen molar-refractivity contribution in [2.45, 2.75) is 12.5 Å². The highest BCUT2D eigenvalue weighted by atomic mass is 16.5. The van der Waals surface area contributed by atoms with E-state index in [4.69, 9.17) is 9.26 Å². The van der Waals surface area contributed by atoms with Crippen LogP contribution in [0.15, 0.2) is 10.9 Å². The average Bonchev–Trinajstić information content (AvgIpc) is 3.00. The van der Waals surface area contributed by atoms with E-state index in [2.05, 4.69) is 30.6 Å². The van der Waals surface area contributed by atoms with Crippen LogP contribution in [0.1, 0.15) is 5.89 Å². The number of hydrogen-bond acceptors (Lipinski definition) is 7. The Morgan fingerprint density at radius 2 is 2.47 bits per heavy atom. The molecule has 90 valence electrons. The Balaban J connectivity index is 1.68. The topological polar surface area (TPSA) is 102 Å². The number of morpholine rings is 1. The van der Waals surface area contributed by atoms with Gasteiger partial charge in [0.25, 0.3) is 0 Å². The van der Waals surface area contributed by atoms with E-state index in [0.29, 0.717) is 30.6 Å². The summed E-state index contributed by atoms with van der Waals surface area (Å²) in [5.74, 6) is 1.47. The lowest BCUT2D eigenvalue weighted by molar-refractivity contribution is 0.0246. The first-order valence-corrected chi connectivity index (χ1v) is 5.42. The summed E-state index contributed by atoms with van der Waals surface area (Å²) in [7, 11) is 0. The SMILES string of the molecule is c1n[nH]c(-c2noc(CC3CNCCO3)n2)n1. The van der Waals surface area contributed by atoms with E-state index in [-0.39, 0.29) is 6.10 Å². The molecule has 0 aliphatic carbocycles. The van der Waals surface area contributed by atoms with Crippen molar-refractivity contribution in [3.05, 3.63) is 12.2 Å². The van der Waals surface area contributed by atoms with Crippen molar-refractivity contribution >= 4 is 0 Å². The number of rotatable bonds is 3. The number of aromatic amines is 1. The molecule has 2 aromatic heterocycles. The molecule has 0 spiro atoms. The Morgan fingerprint density at radius 3 is 3.24 bits per heavy atom. The normalized spacial score (nSPS) is 20.6. The molecule has 8 nitrogen and oxygen atoms in total. The molecule has 1 aliphatic rings. The van der Waals surface area contributed by atoms with Crippen molar-refractivity contribution in [3.63, 3.8) is 0 Å². The van der Waals surface area contributed by atoms with Gasteiger partial charge < -0.3 is 14.6 Å². The largest absolute Gasteiger partial charge is 0.375 e. The Morgan fingerprint density at radius 1 is 1.47 bits per heavy atom. The summed E-state index contributed by atoms with van der Waals surface area (Å²) >= 11 is 0. The van der Waals surface area contributed by atoms with Gasteiger partial charge in [0, 0.05) is 13.1 Å². The summed E-state index contributed by atoms with van der Waals surface area (Å²) in [6.07, 6.45) is 2.10. The van der Waals surface area contributed by atoms with Crippen LogP contribution in [0.4, 0.5) is 0 Å². The Kier molecular flexibility index (Phi) is 2.80. The van der Waals surface area contributed by atoms with E-state index in [1.807, 2.05) is 0 Å². The van der Waals surface area contributed by atoms with Gasteiger partial charge >= 0.3 is 0 Å². The smallest absolute Gasteiger partial charge is 0.239 e. The van der Waals surface area contributed by atoms with Crippen LogP contribution in [-0.4, -0.2) is 51.1 Å². The van der Waals surface area contributed by atoms with E-state index >= 15 is 0 Å². The second kappa shape index (κ2) is 4.60. The molecule has 1 unspecified atom stereocenters. The second-order valence-corrected chi connectivity index (χ2v) is 3.75. The average molecular weight is 236 g/mol. The molecule has 0 aromatic carbocycles. The molecule has 0 radical (unpaired) electrons. The second-order valence-electron chi connectivity index (χ2n) is 3.75. The predicted molar refractivity (Wildman–Crippen MR) is 56.0 cm³/mol. The van der Waals surface area contributed by atoms with Gasteiger partial charge in [-0.1, -0.05) is 5.16 Å². The van der Waals surface area contributed by atoms with E-state index < -0.39 is 0 Å². The monoisotopic (exact) mass is 236 g/mol. The maximum absolute atomic E-state index is 5.56. The zero-order valence-corrected chi connectivity index (χ0v) is 9.09. The summed E-state index contributed by atoms with van der Waals surface area (Å²) in [6.45, 7) is 2.41. The third-order valence-electron chi connectivity index (χ3n) is 2.50. The molecule has 1 atom stereocenters. The molecule has 2 aromatic rings. The van der Waals surface area contributed by atoms with Crippen molar-refractivity contribution in [1.82, 2.24) is 30.6 Å². The molecule has 17 heavy (non-hydrogen) atoms. The number of ether oxygens (including phenoxy) is 1. The van der Waals surface area contributed by atoms with Gasteiger partial charge in [0.05, 0.1) is 19.1 Å². The van der Waals surface area contributed by atoms with Gasteiger partial charge in [-0.25, -0.2) is 4.98 Å².